The van der Waals surface area contributed by atoms with Crippen molar-refractivity contribution in [2.45, 2.75) is 164 Å². The molecule has 0 amide bonds. The molecule has 0 saturated heterocycles. The van der Waals surface area contributed by atoms with Crippen molar-refractivity contribution in [2.24, 2.45) is 11.8 Å². The SMILES string of the molecule is CC(C)CCC(CC(=O)O)C(=O)O.CCCCCOC(=O)CCC(=O)OCCCCC.CCCCCOC(=O)CCC(=O)OCCCCC. The van der Waals surface area contributed by atoms with E-state index in [2.05, 4.69) is 27.7 Å². The van der Waals surface area contributed by atoms with Crippen LogP contribution in [0.15, 0.2) is 0 Å². The third-order valence-electron chi connectivity index (χ3n) is 6.97. The van der Waals surface area contributed by atoms with Crippen LogP contribution >= 0.6 is 0 Å². The van der Waals surface area contributed by atoms with Crippen molar-refractivity contribution in [3.63, 3.8) is 0 Å². The van der Waals surface area contributed by atoms with Crippen LogP contribution in [0, 0.1) is 11.8 Å². The Morgan fingerprint density at radius 1 is 0.469 bits per heavy atom. The summed E-state index contributed by atoms with van der Waals surface area (Å²) in [6.45, 7) is 14.2. The van der Waals surface area contributed by atoms with E-state index in [9.17, 15) is 28.8 Å². The summed E-state index contributed by atoms with van der Waals surface area (Å²) in [5.41, 5.74) is 0. The first kappa shape index (κ1) is 50.2. The summed E-state index contributed by atoms with van der Waals surface area (Å²) in [5.74, 6) is -3.61. The van der Waals surface area contributed by atoms with E-state index in [0.29, 0.717) is 38.8 Å². The Morgan fingerprint density at radius 3 is 0.959 bits per heavy atom. The molecule has 0 saturated carbocycles. The summed E-state index contributed by atoms with van der Waals surface area (Å²) in [6.07, 6.45) is 13.6. The quantitative estimate of drug-likeness (QED) is 0.0455. The fourth-order valence-electron chi connectivity index (χ4n) is 3.91. The van der Waals surface area contributed by atoms with Crippen LogP contribution in [0.5, 0.6) is 0 Å². The van der Waals surface area contributed by atoms with Crippen molar-refractivity contribution in [2.75, 3.05) is 26.4 Å². The fraction of sp³-hybridized carbons (Fsp3) is 0.838. The standard InChI is InChI=1S/2C14H26O4.C9H16O4/c2*1-3-5-7-11-17-13(15)9-10-14(16)18-12-8-6-4-2;1-6(2)3-4-7(9(12)13)5-8(10)11/h2*3-12H2,1-2H3;6-7H,3-5H2,1-2H3,(H,10,11)(H,12,13). The number of carboxylic acid groups (broad SMARTS) is 2. The molecule has 0 radical (unpaired) electrons. The maximum atomic E-state index is 11.3. The molecule has 0 aromatic heterocycles. The second kappa shape index (κ2) is 37.6. The topological polar surface area (TPSA) is 180 Å². The molecule has 0 rings (SSSR count). The van der Waals surface area contributed by atoms with Crippen molar-refractivity contribution in [1.82, 2.24) is 0 Å². The third-order valence-corrected chi connectivity index (χ3v) is 6.97. The molecule has 0 heterocycles. The van der Waals surface area contributed by atoms with E-state index in [0.717, 1.165) is 83.5 Å². The van der Waals surface area contributed by atoms with Gasteiger partial charge in [-0.2, -0.15) is 0 Å². The van der Waals surface area contributed by atoms with Gasteiger partial charge in [0.2, 0.25) is 0 Å². The lowest BCUT2D eigenvalue weighted by molar-refractivity contribution is -0.150. The lowest BCUT2D eigenvalue weighted by Gasteiger charge is -2.10. The van der Waals surface area contributed by atoms with Gasteiger partial charge < -0.3 is 29.2 Å². The summed E-state index contributed by atoms with van der Waals surface area (Å²) in [7, 11) is 0. The van der Waals surface area contributed by atoms with E-state index in [4.69, 9.17) is 29.2 Å². The molecule has 288 valence electrons. The van der Waals surface area contributed by atoms with E-state index < -0.39 is 17.9 Å². The summed E-state index contributed by atoms with van der Waals surface area (Å²) in [4.78, 5) is 65.9. The van der Waals surface area contributed by atoms with E-state index in [1.54, 1.807) is 0 Å². The number of unbranched alkanes of at least 4 members (excludes halogenated alkanes) is 8. The van der Waals surface area contributed by atoms with Crippen molar-refractivity contribution in [3.05, 3.63) is 0 Å². The van der Waals surface area contributed by atoms with Crippen LogP contribution < -0.4 is 0 Å². The Morgan fingerprint density at radius 2 is 0.755 bits per heavy atom. The maximum absolute atomic E-state index is 11.3. The molecule has 12 heteroatoms. The summed E-state index contributed by atoms with van der Waals surface area (Å²) >= 11 is 0. The average molecular weight is 705 g/mol. The fourth-order valence-corrected chi connectivity index (χ4v) is 3.91. The number of aliphatic carboxylic acids is 2. The normalized spacial score (nSPS) is 10.8. The number of carboxylic acids is 2. The molecule has 1 unspecified atom stereocenters. The van der Waals surface area contributed by atoms with Gasteiger partial charge in [-0.15, -0.1) is 0 Å². The molecule has 0 fully saturated rings. The van der Waals surface area contributed by atoms with E-state index >= 15 is 0 Å². The number of esters is 4. The number of carbonyl (C=O) groups excluding carboxylic acids is 4. The molecule has 0 aliphatic heterocycles. The van der Waals surface area contributed by atoms with Gasteiger partial charge in [0.05, 0.1) is 64.4 Å². The van der Waals surface area contributed by atoms with Crippen LogP contribution in [0.1, 0.15) is 164 Å². The molecule has 1 atom stereocenters. The molecule has 0 aliphatic carbocycles. The molecular weight excluding hydrogens is 636 g/mol. The lowest BCUT2D eigenvalue weighted by Crippen LogP contribution is -2.18. The van der Waals surface area contributed by atoms with Gasteiger partial charge in [0, 0.05) is 0 Å². The predicted octanol–water partition coefficient (Wildman–Crippen LogP) is 8.06. The van der Waals surface area contributed by atoms with Gasteiger partial charge >= 0.3 is 35.8 Å². The number of ether oxygens (including phenoxy) is 4. The highest BCUT2D eigenvalue weighted by molar-refractivity contribution is 5.78. The molecule has 0 aromatic carbocycles. The van der Waals surface area contributed by atoms with Crippen molar-refractivity contribution >= 4 is 35.8 Å². The third kappa shape index (κ3) is 42.8. The van der Waals surface area contributed by atoms with Gasteiger partial charge in [-0.05, 0) is 38.0 Å². The number of rotatable bonds is 28. The maximum Gasteiger partial charge on any atom is 0.307 e. The lowest BCUT2D eigenvalue weighted by atomic mass is 9.95. The minimum Gasteiger partial charge on any atom is -0.481 e. The van der Waals surface area contributed by atoms with Crippen molar-refractivity contribution in [1.29, 1.82) is 0 Å². The first-order chi connectivity index (χ1) is 23.3. The average Bonchev–Trinajstić information content (AvgIpc) is 3.05. The van der Waals surface area contributed by atoms with Gasteiger partial charge in [-0.25, -0.2) is 0 Å². The molecule has 0 spiro atoms. The highest BCUT2D eigenvalue weighted by Crippen LogP contribution is 2.15. The second-order valence-corrected chi connectivity index (χ2v) is 12.3. The van der Waals surface area contributed by atoms with E-state index in [1.807, 2.05) is 13.8 Å². The molecule has 12 nitrogen and oxygen atoms in total. The molecule has 0 bridgehead atoms. The molecular formula is C37H68O12. The zero-order valence-corrected chi connectivity index (χ0v) is 31.4. The number of hydrogen-bond acceptors (Lipinski definition) is 10. The minimum absolute atomic E-state index is 0.124. The second-order valence-electron chi connectivity index (χ2n) is 12.3. The van der Waals surface area contributed by atoms with Crippen LogP contribution in [-0.4, -0.2) is 72.5 Å². The Hall–Kier alpha value is -3.18. The molecule has 2 N–H and O–H groups in total. The molecule has 0 aliphatic rings. The van der Waals surface area contributed by atoms with Gasteiger partial charge in [-0.1, -0.05) is 99.3 Å². The van der Waals surface area contributed by atoms with Gasteiger partial charge in [-0.3, -0.25) is 28.8 Å². The van der Waals surface area contributed by atoms with Crippen LogP contribution in [0.4, 0.5) is 0 Å². The van der Waals surface area contributed by atoms with Crippen molar-refractivity contribution in [3.8, 4) is 0 Å². The Balaban J connectivity index is -0.000000658. The van der Waals surface area contributed by atoms with E-state index in [-0.39, 0.29) is 56.0 Å². The van der Waals surface area contributed by atoms with Crippen LogP contribution in [0.25, 0.3) is 0 Å². The van der Waals surface area contributed by atoms with Gasteiger partial charge in [0.25, 0.3) is 0 Å². The minimum atomic E-state index is -1.05. The molecule has 49 heavy (non-hydrogen) atoms. The Labute approximate surface area is 295 Å². The van der Waals surface area contributed by atoms with Crippen LogP contribution in [0.2, 0.25) is 0 Å². The number of hydrogen-bond donors (Lipinski definition) is 2. The van der Waals surface area contributed by atoms with Crippen molar-refractivity contribution < 1.29 is 57.9 Å². The zero-order chi connectivity index (χ0) is 37.7. The van der Waals surface area contributed by atoms with Crippen LogP contribution in [-0.2, 0) is 47.7 Å². The highest BCUT2D eigenvalue weighted by Gasteiger charge is 2.20. The monoisotopic (exact) mass is 704 g/mol. The Bertz CT molecular complexity index is 760. The summed E-state index contributed by atoms with van der Waals surface area (Å²) in [5, 5.41) is 17.1. The van der Waals surface area contributed by atoms with Crippen LogP contribution in [0.3, 0.4) is 0 Å². The highest BCUT2D eigenvalue weighted by atomic mass is 16.5. The summed E-state index contributed by atoms with van der Waals surface area (Å²) < 4.78 is 20.0. The van der Waals surface area contributed by atoms with E-state index in [1.165, 1.54) is 0 Å². The first-order valence-corrected chi connectivity index (χ1v) is 18.4. The molecule has 0 aromatic rings. The predicted molar refractivity (Wildman–Crippen MR) is 188 cm³/mol. The van der Waals surface area contributed by atoms with Gasteiger partial charge in [0.15, 0.2) is 0 Å². The largest absolute Gasteiger partial charge is 0.481 e. The number of carbonyl (C=O) groups is 6. The Kier molecular flexibility index (Phi) is 38.6. The first-order valence-electron chi connectivity index (χ1n) is 18.4. The van der Waals surface area contributed by atoms with Gasteiger partial charge in [0.1, 0.15) is 0 Å². The zero-order valence-electron chi connectivity index (χ0n) is 31.4. The smallest absolute Gasteiger partial charge is 0.307 e. The summed E-state index contributed by atoms with van der Waals surface area (Å²) in [6, 6.07) is 0.